The molecule has 3 heteroatoms. The van der Waals surface area contributed by atoms with Gasteiger partial charge in [0.15, 0.2) is 0 Å². The summed E-state index contributed by atoms with van der Waals surface area (Å²) >= 11 is 6.03. The van der Waals surface area contributed by atoms with Gasteiger partial charge in [-0.25, -0.2) is 4.39 Å². The normalized spacial score (nSPS) is 12.4. The van der Waals surface area contributed by atoms with E-state index in [1.807, 2.05) is 24.3 Å². The third-order valence-electron chi connectivity index (χ3n) is 2.80. The highest BCUT2D eigenvalue weighted by molar-refractivity contribution is 6.31. The van der Waals surface area contributed by atoms with Crippen LogP contribution in [0.5, 0.6) is 0 Å². The maximum absolute atomic E-state index is 12.7. The molecule has 0 radical (unpaired) electrons. The van der Waals surface area contributed by atoms with Gasteiger partial charge in [0.05, 0.1) is 6.10 Å². The van der Waals surface area contributed by atoms with Gasteiger partial charge < -0.3 is 5.11 Å². The zero-order chi connectivity index (χ0) is 13.0. The molecular formula is C15H14ClFO. The summed E-state index contributed by atoms with van der Waals surface area (Å²) in [6.45, 7) is 0. The van der Waals surface area contributed by atoms with Crippen LogP contribution < -0.4 is 0 Å². The van der Waals surface area contributed by atoms with Crippen LogP contribution >= 0.6 is 11.6 Å². The van der Waals surface area contributed by atoms with Crippen LogP contribution in [0, 0.1) is 5.82 Å². The van der Waals surface area contributed by atoms with E-state index in [2.05, 4.69) is 0 Å². The minimum atomic E-state index is -0.518. The van der Waals surface area contributed by atoms with Gasteiger partial charge in [-0.05, 0) is 35.7 Å². The Kier molecular flexibility index (Phi) is 4.34. The van der Waals surface area contributed by atoms with Crippen molar-refractivity contribution in [2.75, 3.05) is 0 Å². The van der Waals surface area contributed by atoms with E-state index in [1.165, 1.54) is 12.1 Å². The first-order chi connectivity index (χ1) is 8.65. The third kappa shape index (κ3) is 3.56. The molecule has 1 nitrogen and oxygen atoms in total. The zero-order valence-corrected chi connectivity index (χ0v) is 10.6. The fourth-order valence-electron chi connectivity index (χ4n) is 1.88. The van der Waals surface area contributed by atoms with Crippen molar-refractivity contribution in [3.63, 3.8) is 0 Å². The Hall–Kier alpha value is -1.38. The zero-order valence-electron chi connectivity index (χ0n) is 9.81. The number of hydrogen-bond acceptors (Lipinski definition) is 1. The lowest BCUT2D eigenvalue weighted by Gasteiger charge is -2.11. The summed E-state index contributed by atoms with van der Waals surface area (Å²) in [5.74, 6) is -0.264. The van der Waals surface area contributed by atoms with Crippen molar-refractivity contribution >= 4 is 11.6 Å². The van der Waals surface area contributed by atoms with Crippen molar-refractivity contribution in [2.45, 2.75) is 18.9 Å². The van der Waals surface area contributed by atoms with Gasteiger partial charge in [-0.1, -0.05) is 41.9 Å². The molecule has 0 aliphatic rings. The van der Waals surface area contributed by atoms with Gasteiger partial charge >= 0.3 is 0 Å². The summed E-state index contributed by atoms with van der Waals surface area (Å²) in [6, 6.07) is 13.6. The Morgan fingerprint density at radius 2 is 1.67 bits per heavy atom. The maximum atomic E-state index is 12.7. The fraction of sp³-hybridized carbons (Fsp3) is 0.200. The molecular weight excluding hydrogens is 251 g/mol. The molecule has 0 aliphatic carbocycles. The van der Waals surface area contributed by atoms with E-state index in [-0.39, 0.29) is 5.82 Å². The fourth-order valence-corrected chi connectivity index (χ4v) is 2.10. The molecule has 0 amide bonds. The molecule has 2 aromatic rings. The Bertz CT molecular complexity index is 510. The molecule has 1 unspecified atom stereocenters. The largest absolute Gasteiger partial charge is 0.392 e. The van der Waals surface area contributed by atoms with Crippen LogP contribution in [0.2, 0.25) is 5.02 Å². The summed E-state index contributed by atoms with van der Waals surface area (Å²) in [5.41, 5.74) is 1.84. The quantitative estimate of drug-likeness (QED) is 0.894. The lowest BCUT2D eigenvalue weighted by molar-refractivity contribution is 0.175. The number of hydrogen-bond donors (Lipinski definition) is 1. The highest BCUT2D eigenvalue weighted by Gasteiger charge is 2.09. The minimum Gasteiger partial charge on any atom is -0.392 e. The van der Waals surface area contributed by atoms with E-state index in [1.54, 1.807) is 12.1 Å². The van der Waals surface area contributed by atoms with E-state index < -0.39 is 6.10 Å². The summed E-state index contributed by atoms with van der Waals surface area (Å²) in [6.07, 6.45) is 0.470. The Labute approximate surface area is 111 Å². The summed E-state index contributed by atoms with van der Waals surface area (Å²) in [4.78, 5) is 0. The molecule has 94 valence electrons. The standard InChI is InChI=1S/C15H14ClFO/c16-15-4-2-1-3-12(15)10-14(18)9-11-5-7-13(17)8-6-11/h1-8,14,18H,9-10H2. The molecule has 0 bridgehead atoms. The van der Waals surface area contributed by atoms with Gasteiger partial charge in [-0.15, -0.1) is 0 Å². The van der Waals surface area contributed by atoms with E-state index in [0.29, 0.717) is 17.9 Å². The predicted octanol–water partition coefficient (Wildman–Crippen LogP) is 3.63. The van der Waals surface area contributed by atoms with Gasteiger partial charge in [-0.2, -0.15) is 0 Å². The molecule has 1 N–H and O–H groups in total. The van der Waals surface area contributed by atoms with Crippen molar-refractivity contribution in [3.05, 3.63) is 70.5 Å². The van der Waals surface area contributed by atoms with Crippen LogP contribution in [0.25, 0.3) is 0 Å². The third-order valence-corrected chi connectivity index (χ3v) is 3.17. The van der Waals surface area contributed by atoms with E-state index >= 15 is 0 Å². The van der Waals surface area contributed by atoms with Crippen LogP contribution in [-0.4, -0.2) is 11.2 Å². The second kappa shape index (κ2) is 5.98. The first-order valence-corrected chi connectivity index (χ1v) is 6.19. The molecule has 0 saturated carbocycles. The average Bonchev–Trinajstić information content (AvgIpc) is 2.35. The van der Waals surface area contributed by atoms with Crippen LogP contribution in [0.4, 0.5) is 4.39 Å². The minimum absolute atomic E-state index is 0.264. The molecule has 0 spiro atoms. The Morgan fingerprint density at radius 1 is 1.00 bits per heavy atom. The number of benzene rings is 2. The SMILES string of the molecule is OC(Cc1ccc(F)cc1)Cc1ccccc1Cl. The summed E-state index contributed by atoms with van der Waals surface area (Å²) in [7, 11) is 0. The molecule has 0 aromatic heterocycles. The van der Waals surface area contributed by atoms with Gasteiger partial charge in [0.2, 0.25) is 0 Å². The molecule has 18 heavy (non-hydrogen) atoms. The van der Waals surface area contributed by atoms with Crippen molar-refractivity contribution in [1.82, 2.24) is 0 Å². The van der Waals surface area contributed by atoms with Crippen LogP contribution in [0.3, 0.4) is 0 Å². The van der Waals surface area contributed by atoms with Crippen molar-refractivity contribution in [1.29, 1.82) is 0 Å². The summed E-state index contributed by atoms with van der Waals surface area (Å²) in [5, 5.41) is 10.7. The van der Waals surface area contributed by atoms with Gasteiger partial charge in [0.25, 0.3) is 0 Å². The first kappa shape index (κ1) is 13.1. The molecule has 0 heterocycles. The maximum Gasteiger partial charge on any atom is 0.123 e. The smallest absolute Gasteiger partial charge is 0.123 e. The molecule has 0 fully saturated rings. The highest BCUT2D eigenvalue weighted by atomic mass is 35.5. The molecule has 1 atom stereocenters. The summed E-state index contributed by atoms with van der Waals surface area (Å²) < 4.78 is 12.7. The van der Waals surface area contributed by atoms with E-state index in [4.69, 9.17) is 11.6 Å². The van der Waals surface area contributed by atoms with E-state index in [0.717, 1.165) is 11.1 Å². The van der Waals surface area contributed by atoms with Crippen molar-refractivity contribution in [3.8, 4) is 0 Å². The Morgan fingerprint density at radius 3 is 2.33 bits per heavy atom. The van der Waals surface area contributed by atoms with Gasteiger partial charge in [-0.3, -0.25) is 0 Å². The molecule has 2 rings (SSSR count). The van der Waals surface area contributed by atoms with Gasteiger partial charge in [0.1, 0.15) is 5.82 Å². The second-order valence-corrected chi connectivity index (χ2v) is 4.69. The number of halogens is 2. The Balaban J connectivity index is 1.99. The van der Waals surface area contributed by atoms with Crippen molar-refractivity contribution in [2.24, 2.45) is 0 Å². The molecule has 0 saturated heterocycles. The molecule has 0 aliphatic heterocycles. The van der Waals surface area contributed by atoms with Crippen LogP contribution in [0.1, 0.15) is 11.1 Å². The lowest BCUT2D eigenvalue weighted by Crippen LogP contribution is -2.14. The van der Waals surface area contributed by atoms with Crippen LogP contribution in [0.15, 0.2) is 48.5 Å². The average molecular weight is 265 g/mol. The van der Waals surface area contributed by atoms with Crippen LogP contribution in [-0.2, 0) is 12.8 Å². The lowest BCUT2D eigenvalue weighted by atomic mass is 10.0. The molecule has 2 aromatic carbocycles. The predicted molar refractivity (Wildman–Crippen MR) is 71.3 cm³/mol. The number of rotatable bonds is 4. The monoisotopic (exact) mass is 264 g/mol. The van der Waals surface area contributed by atoms with Gasteiger partial charge in [0, 0.05) is 11.4 Å². The number of aliphatic hydroxyl groups is 1. The number of aliphatic hydroxyl groups excluding tert-OH is 1. The topological polar surface area (TPSA) is 20.2 Å². The highest BCUT2D eigenvalue weighted by Crippen LogP contribution is 2.18. The first-order valence-electron chi connectivity index (χ1n) is 5.81. The van der Waals surface area contributed by atoms with Crippen molar-refractivity contribution < 1.29 is 9.50 Å². The van der Waals surface area contributed by atoms with E-state index in [9.17, 15) is 9.50 Å². The second-order valence-electron chi connectivity index (χ2n) is 4.28.